The minimum absolute atomic E-state index is 0.171. The van der Waals surface area contributed by atoms with Gasteiger partial charge in [0, 0.05) is 31.9 Å². The van der Waals surface area contributed by atoms with Gasteiger partial charge in [-0.1, -0.05) is 0 Å². The lowest BCUT2D eigenvalue weighted by Gasteiger charge is -2.40. The van der Waals surface area contributed by atoms with Crippen molar-refractivity contribution in [3.05, 3.63) is 65.2 Å². The van der Waals surface area contributed by atoms with Crippen molar-refractivity contribution in [3.63, 3.8) is 0 Å². The molecule has 182 valence electrons. The van der Waals surface area contributed by atoms with E-state index in [2.05, 4.69) is 0 Å². The summed E-state index contributed by atoms with van der Waals surface area (Å²) >= 11 is 0. The summed E-state index contributed by atoms with van der Waals surface area (Å²) in [5.41, 5.74) is 1.25. The van der Waals surface area contributed by atoms with Gasteiger partial charge in [0.1, 0.15) is 5.75 Å². The molecule has 0 aromatic heterocycles. The van der Waals surface area contributed by atoms with Crippen LogP contribution in [-0.4, -0.2) is 54.9 Å². The van der Waals surface area contributed by atoms with E-state index in [4.69, 9.17) is 28.9 Å². The van der Waals surface area contributed by atoms with E-state index >= 15 is 0 Å². The van der Waals surface area contributed by atoms with E-state index in [-0.39, 0.29) is 18.1 Å². The van der Waals surface area contributed by atoms with E-state index in [9.17, 15) is 19.2 Å². The summed E-state index contributed by atoms with van der Waals surface area (Å²) in [4.78, 5) is 47.6. The molecule has 2 aromatic carbocycles. The molecule has 0 aliphatic carbocycles. The van der Waals surface area contributed by atoms with E-state index in [0.717, 1.165) is 0 Å². The van der Waals surface area contributed by atoms with Crippen molar-refractivity contribution >= 4 is 23.7 Å². The molecule has 0 unspecified atom stereocenters. The van der Waals surface area contributed by atoms with Crippen molar-refractivity contribution in [3.8, 4) is 11.8 Å². The SMILES string of the molecule is CC(=O)O[C@H]1[C@@H](Oc2ccc(C(=O)c3ccc(C#N)cc3)cc2)OC[C@@H](OC(C)=O)[C@H]1OC(C)=O. The molecular weight excluding hydrogens is 458 g/mol. The highest BCUT2D eigenvalue weighted by molar-refractivity contribution is 6.09. The van der Waals surface area contributed by atoms with Crippen molar-refractivity contribution in [1.82, 2.24) is 0 Å². The summed E-state index contributed by atoms with van der Waals surface area (Å²) in [5.74, 6) is -1.94. The summed E-state index contributed by atoms with van der Waals surface area (Å²) < 4.78 is 27.2. The number of ketones is 1. The normalized spacial score (nSPS) is 21.2. The van der Waals surface area contributed by atoms with E-state index < -0.39 is 42.5 Å². The predicted octanol–water partition coefficient (Wildman–Crippen LogP) is 2.32. The van der Waals surface area contributed by atoms with Crippen molar-refractivity contribution < 1.29 is 42.9 Å². The molecule has 4 atom stereocenters. The zero-order valence-corrected chi connectivity index (χ0v) is 19.3. The minimum atomic E-state index is -1.23. The number of benzene rings is 2. The summed E-state index contributed by atoms with van der Waals surface area (Å²) in [6.45, 7) is 3.36. The third kappa shape index (κ3) is 6.65. The smallest absolute Gasteiger partial charge is 0.303 e. The molecule has 0 spiro atoms. The Kier molecular flexibility index (Phi) is 8.17. The first kappa shape index (κ1) is 25.4. The summed E-state index contributed by atoms with van der Waals surface area (Å²) in [6.07, 6.45) is -4.58. The molecule has 2 aromatic rings. The summed E-state index contributed by atoms with van der Waals surface area (Å²) in [6, 6.07) is 14.4. The van der Waals surface area contributed by atoms with Gasteiger partial charge in [0.05, 0.1) is 18.2 Å². The average Bonchev–Trinajstić information content (AvgIpc) is 2.82. The molecule has 0 radical (unpaired) electrons. The molecule has 35 heavy (non-hydrogen) atoms. The largest absolute Gasteiger partial charge is 0.461 e. The maximum absolute atomic E-state index is 12.7. The van der Waals surface area contributed by atoms with Crippen molar-refractivity contribution in [1.29, 1.82) is 5.26 Å². The van der Waals surface area contributed by atoms with Crippen molar-refractivity contribution in [2.24, 2.45) is 0 Å². The molecule has 1 saturated heterocycles. The van der Waals surface area contributed by atoms with Crippen LogP contribution in [-0.2, 0) is 33.3 Å². The van der Waals surface area contributed by atoms with Crippen molar-refractivity contribution in [2.75, 3.05) is 6.61 Å². The van der Waals surface area contributed by atoms with Crippen LogP contribution in [0.3, 0.4) is 0 Å². The second-order valence-corrected chi connectivity index (χ2v) is 7.66. The van der Waals surface area contributed by atoms with E-state index in [1.165, 1.54) is 32.9 Å². The van der Waals surface area contributed by atoms with Crippen LogP contribution < -0.4 is 4.74 Å². The lowest BCUT2D eigenvalue weighted by Crippen LogP contribution is -2.59. The first-order chi connectivity index (χ1) is 16.7. The van der Waals surface area contributed by atoms with Gasteiger partial charge < -0.3 is 23.7 Å². The number of rotatable bonds is 7. The minimum Gasteiger partial charge on any atom is -0.461 e. The lowest BCUT2D eigenvalue weighted by molar-refractivity contribution is -0.259. The standard InChI is InChI=1S/C25H23NO9/c1-14(27)32-21-13-31-25(24(34-16(3)29)23(21)33-15(2)28)35-20-10-8-19(9-11-20)22(30)18-6-4-17(12-26)5-7-18/h4-11,21,23-25H,13H2,1-3H3/t21-,23-,24-,25-/m1/s1. The van der Waals surface area contributed by atoms with Crippen LogP contribution in [0.1, 0.15) is 42.3 Å². The highest BCUT2D eigenvalue weighted by Gasteiger charge is 2.48. The number of esters is 3. The maximum Gasteiger partial charge on any atom is 0.303 e. The Hall–Kier alpha value is -4.23. The lowest BCUT2D eigenvalue weighted by atomic mass is 10.0. The molecule has 3 rings (SSSR count). The Morgan fingerprint density at radius 1 is 0.800 bits per heavy atom. The van der Waals surface area contributed by atoms with Gasteiger partial charge in [-0.05, 0) is 48.5 Å². The van der Waals surface area contributed by atoms with Crippen LogP contribution in [0, 0.1) is 11.3 Å². The van der Waals surface area contributed by atoms with E-state index in [1.54, 1.807) is 36.4 Å². The third-order valence-corrected chi connectivity index (χ3v) is 4.95. The fraction of sp³-hybridized carbons (Fsp3) is 0.320. The molecule has 0 amide bonds. The average molecular weight is 481 g/mol. The fourth-order valence-corrected chi connectivity index (χ4v) is 3.49. The van der Waals surface area contributed by atoms with E-state index in [1.807, 2.05) is 6.07 Å². The van der Waals surface area contributed by atoms with Crippen LogP contribution in [0.5, 0.6) is 5.75 Å². The predicted molar refractivity (Wildman–Crippen MR) is 118 cm³/mol. The number of carbonyl (C=O) groups excluding carboxylic acids is 4. The number of hydrogen-bond acceptors (Lipinski definition) is 10. The topological polar surface area (TPSA) is 138 Å². The second-order valence-electron chi connectivity index (χ2n) is 7.66. The molecule has 10 heteroatoms. The van der Waals surface area contributed by atoms with Gasteiger partial charge in [0.25, 0.3) is 0 Å². The Balaban J connectivity index is 1.78. The fourth-order valence-electron chi connectivity index (χ4n) is 3.49. The molecule has 10 nitrogen and oxygen atoms in total. The van der Waals surface area contributed by atoms with Gasteiger partial charge in [-0.3, -0.25) is 19.2 Å². The number of hydrogen-bond donors (Lipinski definition) is 0. The van der Waals surface area contributed by atoms with Gasteiger partial charge >= 0.3 is 17.9 Å². The van der Waals surface area contributed by atoms with E-state index in [0.29, 0.717) is 16.7 Å². The van der Waals surface area contributed by atoms with Crippen molar-refractivity contribution in [2.45, 2.75) is 45.4 Å². The van der Waals surface area contributed by atoms with Gasteiger partial charge in [-0.2, -0.15) is 5.26 Å². The van der Waals surface area contributed by atoms with Crippen LogP contribution in [0.25, 0.3) is 0 Å². The molecule has 1 aliphatic rings. The Morgan fingerprint density at radius 2 is 1.31 bits per heavy atom. The van der Waals surface area contributed by atoms with Gasteiger partial charge in [-0.15, -0.1) is 0 Å². The van der Waals surface area contributed by atoms with Gasteiger partial charge in [-0.25, -0.2) is 0 Å². The number of nitriles is 1. The first-order valence-electron chi connectivity index (χ1n) is 10.6. The molecule has 0 bridgehead atoms. The molecular formula is C25H23NO9. The highest BCUT2D eigenvalue weighted by Crippen LogP contribution is 2.27. The third-order valence-electron chi connectivity index (χ3n) is 4.95. The van der Waals surface area contributed by atoms with Gasteiger partial charge in [0.15, 0.2) is 18.0 Å². The monoisotopic (exact) mass is 481 g/mol. The first-order valence-corrected chi connectivity index (χ1v) is 10.6. The van der Waals surface area contributed by atoms with Gasteiger partial charge in [0.2, 0.25) is 12.4 Å². The van der Waals surface area contributed by atoms with Crippen LogP contribution in [0.4, 0.5) is 0 Å². The molecule has 0 saturated carbocycles. The Morgan fingerprint density at radius 3 is 1.83 bits per heavy atom. The molecule has 1 heterocycles. The summed E-state index contributed by atoms with van der Waals surface area (Å²) in [7, 11) is 0. The van der Waals surface area contributed by atoms with Crippen LogP contribution in [0.2, 0.25) is 0 Å². The summed E-state index contributed by atoms with van der Waals surface area (Å²) in [5, 5.41) is 8.90. The highest BCUT2D eigenvalue weighted by atomic mass is 16.7. The molecule has 1 aliphatic heterocycles. The Bertz CT molecular complexity index is 1140. The Labute approximate surface area is 201 Å². The maximum atomic E-state index is 12.7. The zero-order valence-electron chi connectivity index (χ0n) is 19.3. The zero-order chi connectivity index (χ0) is 25.5. The van der Waals surface area contributed by atoms with Crippen LogP contribution >= 0.6 is 0 Å². The number of ether oxygens (including phenoxy) is 5. The number of carbonyl (C=O) groups is 4. The molecule has 1 fully saturated rings. The number of nitrogens with zero attached hydrogens (tertiary/aromatic N) is 1. The quantitative estimate of drug-likeness (QED) is 0.329. The second kappa shape index (κ2) is 11.3. The molecule has 0 N–H and O–H groups in total. The van der Waals surface area contributed by atoms with Crippen LogP contribution in [0.15, 0.2) is 48.5 Å².